The highest BCUT2D eigenvalue weighted by molar-refractivity contribution is 6.36. The van der Waals surface area contributed by atoms with Crippen LogP contribution in [0.15, 0.2) is 84.6 Å². The fraction of sp³-hybridized carbons (Fsp3) is 0.0833. The molecular weight excluding hydrogens is 386 g/mol. The van der Waals surface area contributed by atoms with Crippen LogP contribution in [0, 0.1) is 11.6 Å². The second kappa shape index (κ2) is 8.29. The van der Waals surface area contributed by atoms with Gasteiger partial charge >= 0.3 is 0 Å². The van der Waals surface area contributed by atoms with Crippen LogP contribution in [0.5, 0.6) is 0 Å². The Balaban J connectivity index is 1.67. The number of halogens is 2. The van der Waals surface area contributed by atoms with Crippen molar-refractivity contribution in [3.05, 3.63) is 107 Å². The summed E-state index contributed by atoms with van der Waals surface area (Å²) in [7, 11) is 0. The molecule has 6 heteroatoms. The van der Waals surface area contributed by atoms with E-state index in [-0.39, 0.29) is 17.8 Å². The quantitative estimate of drug-likeness (QED) is 0.620. The molecule has 2 amide bonds. The number of carbonyl (C=O) groups excluding carboxylic acids is 2. The zero-order valence-electron chi connectivity index (χ0n) is 15.9. The first kappa shape index (κ1) is 19.5. The maximum atomic E-state index is 13.6. The molecule has 0 aromatic heterocycles. The Bertz CT molecular complexity index is 1130. The highest BCUT2D eigenvalue weighted by Gasteiger charge is 2.38. The number of amides is 2. The predicted molar refractivity (Wildman–Crippen MR) is 110 cm³/mol. The zero-order chi connectivity index (χ0) is 21.1. The molecule has 1 N–H and O–H groups in total. The van der Waals surface area contributed by atoms with Crippen molar-refractivity contribution in [1.82, 2.24) is 4.90 Å². The molecule has 150 valence electrons. The Morgan fingerprint density at radius 3 is 2.20 bits per heavy atom. The Hall–Kier alpha value is -3.80. The van der Waals surface area contributed by atoms with Crippen molar-refractivity contribution < 1.29 is 18.4 Å². The van der Waals surface area contributed by atoms with E-state index < -0.39 is 23.4 Å². The molecule has 0 spiro atoms. The van der Waals surface area contributed by atoms with Crippen molar-refractivity contribution in [2.75, 3.05) is 11.9 Å². The highest BCUT2D eigenvalue weighted by atomic mass is 19.1. The molecule has 0 atom stereocenters. The number of nitrogens with one attached hydrogen (secondary N) is 1. The summed E-state index contributed by atoms with van der Waals surface area (Å²) in [5.74, 6) is -1.89. The normalized spacial score (nSPS) is 13.9. The molecule has 4 nitrogen and oxygen atoms in total. The van der Waals surface area contributed by atoms with E-state index in [1.807, 2.05) is 30.3 Å². The zero-order valence-corrected chi connectivity index (χ0v) is 15.9. The van der Waals surface area contributed by atoms with Gasteiger partial charge in [0.05, 0.1) is 5.57 Å². The third-order valence-electron chi connectivity index (χ3n) is 4.86. The molecule has 0 unspecified atom stereocenters. The minimum Gasteiger partial charge on any atom is -0.350 e. The van der Waals surface area contributed by atoms with Crippen molar-refractivity contribution in [2.45, 2.75) is 6.42 Å². The second-order valence-electron chi connectivity index (χ2n) is 6.89. The SMILES string of the molecule is O=C1C(Nc2cccc(F)c2)=C(c2ccc(F)cc2)C(=O)N1CCc1ccccc1. The van der Waals surface area contributed by atoms with Gasteiger partial charge in [-0.15, -0.1) is 0 Å². The number of hydrogen-bond donors (Lipinski definition) is 1. The van der Waals surface area contributed by atoms with Crippen LogP contribution in [0.3, 0.4) is 0 Å². The topological polar surface area (TPSA) is 49.4 Å². The van der Waals surface area contributed by atoms with Crippen molar-refractivity contribution in [3.63, 3.8) is 0 Å². The van der Waals surface area contributed by atoms with Gasteiger partial charge in [-0.1, -0.05) is 48.5 Å². The summed E-state index contributed by atoms with van der Waals surface area (Å²) in [6.07, 6.45) is 0.502. The Kier molecular flexibility index (Phi) is 5.39. The monoisotopic (exact) mass is 404 g/mol. The van der Waals surface area contributed by atoms with E-state index in [4.69, 9.17) is 0 Å². The predicted octanol–water partition coefficient (Wildman–Crippen LogP) is 4.40. The summed E-state index contributed by atoms with van der Waals surface area (Å²) in [5, 5.41) is 2.89. The lowest BCUT2D eigenvalue weighted by Crippen LogP contribution is -2.34. The van der Waals surface area contributed by atoms with Crippen LogP contribution >= 0.6 is 0 Å². The first-order valence-electron chi connectivity index (χ1n) is 9.46. The van der Waals surface area contributed by atoms with Crippen molar-refractivity contribution >= 4 is 23.1 Å². The Labute approximate surface area is 172 Å². The number of anilines is 1. The van der Waals surface area contributed by atoms with E-state index in [0.717, 1.165) is 10.5 Å². The lowest BCUT2D eigenvalue weighted by Gasteiger charge is -2.15. The smallest absolute Gasteiger partial charge is 0.278 e. The van der Waals surface area contributed by atoms with Crippen LogP contribution < -0.4 is 5.32 Å². The largest absolute Gasteiger partial charge is 0.350 e. The van der Waals surface area contributed by atoms with Gasteiger partial charge in [-0.3, -0.25) is 14.5 Å². The summed E-state index contributed by atoms with van der Waals surface area (Å²) < 4.78 is 27.0. The Morgan fingerprint density at radius 1 is 0.767 bits per heavy atom. The molecule has 1 aliphatic rings. The van der Waals surface area contributed by atoms with Gasteiger partial charge in [0.25, 0.3) is 11.8 Å². The minimum atomic E-state index is -0.500. The standard InChI is InChI=1S/C24H18F2N2O2/c25-18-11-9-17(10-12-18)21-22(27-20-8-4-7-19(26)15-20)24(30)28(23(21)29)14-13-16-5-2-1-3-6-16/h1-12,15,27H,13-14H2. The molecule has 30 heavy (non-hydrogen) atoms. The molecule has 0 bridgehead atoms. The molecule has 1 heterocycles. The van der Waals surface area contributed by atoms with Gasteiger partial charge < -0.3 is 5.32 Å². The molecule has 3 aromatic carbocycles. The fourth-order valence-corrected chi connectivity index (χ4v) is 3.38. The van der Waals surface area contributed by atoms with Crippen LogP contribution in [0.4, 0.5) is 14.5 Å². The van der Waals surface area contributed by atoms with Crippen LogP contribution in [-0.2, 0) is 16.0 Å². The molecule has 1 aliphatic heterocycles. The molecule has 4 rings (SSSR count). The van der Waals surface area contributed by atoms with Gasteiger partial charge in [0.1, 0.15) is 17.3 Å². The van der Waals surface area contributed by atoms with E-state index in [1.165, 1.54) is 42.5 Å². The maximum Gasteiger partial charge on any atom is 0.278 e. The second-order valence-corrected chi connectivity index (χ2v) is 6.89. The average molecular weight is 404 g/mol. The Morgan fingerprint density at radius 2 is 1.50 bits per heavy atom. The molecule has 0 aliphatic carbocycles. The van der Waals surface area contributed by atoms with Crippen LogP contribution in [0.25, 0.3) is 5.57 Å². The molecular formula is C24H18F2N2O2. The number of nitrogens with zero attached hydrogens (tertiary/aromatic N) is 1. The van der Waals surface area contributed by atoms with Crippen LogP contribution in [0.1, 0.15) is 11.1 Å². The lowest BCUT2D eigenvalue weighted by atomic mass is 10.0. The van der Waals surface area contributed by atoms with Gasteiger partial charge in [-0.25, -0.2) is 8.78 Å². The maximum absolute atomic E-state index is 13.6. The number of benzene rings is 3. The first-order valence-corrected chi connectivity index (χ1v) is 9.46. The summed E-state index contributed by atoms with van der Waals surface area (Å²) in [5.41, 5.74) is 1.93. The summed E-state index contributed by atoms with van der Waals surface area (Å²) in [6.45, 7) is 0.195. The van der Waals surface area contributed by atoms with Gasteiger partial charge in [-0.2, -0.15) is 0 Å². The average Bonchev–Trinajstić information content (AvgIpc) is 2.97. The highest BCUT2D eigenvalue weighted by Crippen LogP contribution is 2.31. The van der Waals surface area contributed by atoms with Gasteiger partial charge in [0.2, 0.25) is 0 Å². The van der Waals surface area contributed by atoms with E-state index in [2.05, 4.69) is 5.32 Å². The fourth-order valence-electron chi connectivity index (χ4n) is 3.38. The van der Waals surface area contributed by atoms with Crippen molar-refractivity contribution in [2.24, 2.45) is 0 Å². The van der Waals surface area contributed by atoms with Crippen molar-refractivity contribution in [1.29, 1.82) is 0 Å². The van der Waals surface area contributed by atoms with Crippen molar-refractivity contribution in [3.8, 4) is 0 Å². The molecule has 0 saturated carbocycles. The van der Waals surface area contributed by atoms with E-state index in [0.29, 0.717) is 17.7 Å². The number of rotatable bonds is 6. The summed E-state index contributed by atoms with van der Waals surface area (Å²) >= 11 is 0. The minimum absolute atomic E-state index is 0.0465. The number of carbonyl (C=O) groups is 2. The number of hydrogen-bond acceptors (Lipinski definition) is 3. The summed E-state index contributed by atoms with van der Waals surface area (Å²) in [6, 6.07) is 20.5. The summed E-state index contributed by atoms with van der Waals surface area (Å²) in [4.78, 5) is 27.4. The third-order valence-corrected chi connectivity index (χ3v) is 4.86. The number of imide groups is 1. The van der Waals surface area contributed by atoms with Gasteiger partial charge in [-0.05, 0) is 47.9 Å². The van der Waals surface area contributed by atoms with Crippen LogP contribution in [0.2, 0.25) is 0 Å². The van der Waals surface area contributed by atoms with Gasteiger partial charge in [0, 0.05) is 12.2 Å². The van der Waals surface area contributed by atoms with E-state index in [9.17, 15) is 18.4 Å². The molecule has 0 fully saturated rings. The molecule has 0 radical (unpaired) electrons. The first-order chi connectivity index (χ1) is 14.5. The van der Waals surface area contributed by atoms with E-state index in [1.54, 1.807) is 6.07 Å². The lowest BCUT2D eigenvalue weighted by molar-refractivity contribution is -0.136. The van der Waals surface area contributed by atoms with E-state index >= 15 is 0 Å². The third kappa shape index (κ3) is 3.98. The van der Waals surface area contributed by atoms with Gasteiger partial charge in [0.15, 0.2) is 0 Å². The molecule has 3 aromatic rings. The van der Waals surface area contributed by atoms with Crippen LogP contribution in [-0.4, -0.2) is 23.3 Å². The molecule has 0 saturated heterocycles.